The first-order chi connectivity index (χ1) is 9.02. The maximum absolute atomic E-state index is 11.5. The van der Waals surface area contributed by atoms with Crippen molar-refractivity contribution in [3.8, 4) is 0 Å². The molecule has 1 aliphatic heterocycles. The van der Waals surface area contributed by atoms with E-state index in [1.807, 2.05) is 0 Å². The van der Waals surface area contributed by atoms with Crippen LogP contribution in [-0.4, -0.2) is 39.2 Å². The molecule has 19 heavy (non-hydrogen) atoms. The Bertz CT molecular complexity index is 500. The van der Waals surface area contributed by atoms with Crippen LogP contribution in [0.2, 0.25) is 0 Å². The number of hydrogen-bond acceptors (Lipinski definition) is 6. The van der Waals surface area contributed by atoms with Crippen LogP contribution in [0.3, 0.4) is 0 Å². The van der Waals surface area contributed by atoms with Crippen molar-refractivity contribution in [1.82, 2.24) is 9.97 Å². The summed E-state index contributed by atoms with van der Waals surface area (Å²) in [7, 11) is -1.27. The fourth-order valence-electron chi connectivity index (χ4n) is 2.06. The van der Waals surface area contributed by atoms with Gasteiger partial charge in [0.1, 0.15) is 16.1 Å². The normalized spacial score (nSPS) is 24.4. The standard InChI is InChI=1S/C11H17BrN4O2S/c1-3-7-6(4-5-18-7)14-10-8(12)9(13)15-11(16-10)19(2)17/h6-7H,3-5H2,1-2H3,(H3,13,14,15,16)/t6-,7+,19?/m1/s1. The number of rotatable bonds is 4. The van der Waals surface area contributed by atoms with Crippen LogP contribution in [0.15, 0.2) is 9.63 Å². The van der Waals surface area contributed by atoms with Gasteiger partial charge in [-0.05, 0) is 28.8 Å². The van der Waals surface area contributed by atoms with E-state index >= 15 is 0 Å². The Kier molecular flexibility index (Phi) is 4.75. The quantitative estimate of drug-likeness (QED) is 0.802. The van der Waals surface area contributed by atoms with E-state index in [0.717, 1.165) is 19.4 Å². The highest BCUT2D eigenvalue weighted by Crippen LogP contribution is 2.29. The molecule has 0 spiro atoms. The summed E-state index contributed by atoms with van der Waals surface area (Å²) < 4.78 is 17.7. The molecule has 8 heteroatoms. The Balaban J connectivity index is 2.26. The molecule has 3 atom stereocenters. The minimum Gasteiger partial charge on any atom is -0.383 e. The first kappa shape index (κ1) is 14.7. The van der Waals surface area contributed by atoms with Crippen LogP contribution in [0.5, 0.6) is 0 Å². The largest absolute Gasteiger partial charge is 0.383 e. The second kappa shape index (κ2) is 6.15. The van der Waals surface area contributed by atoms with Crippen LogP contribution in [0.1, 0.15) is 19.8 Å². The third-order valence-electron chi connectivity index (χ3n) is 3.05. The van der Waals surface area contributed by atoms with Gasteiger partial charge in [-0.15, -0.1) is 0 Å². The molecule has 0 aromatic carbocycles. The first-order valence-corrected chi connectivity index (χ1v) is 8.42. The summed E-state index contributed by atoms with van der Waals surface area (Å²) in [5.74, 6) is 0.862. The fraction of sp³-hybridized carbons (Fsp3) is 0.636. The zero-order valence-electron chi connectivity index (χ0n) is 10.9. The number of ether oxygens (including phenoxy) is 1. The lowest BCUT2D eigenvalue weighted by Gasteiger charge is -2.20. The number of nitrogen functional groups attached to an aromatic ring is 1. The molecule has 0 saturated carbocycles. The van der Waals surface area contributed by atoms with Gasteiger partial charge in [0.15, 0.2) is 0 Å². The number of nitrogens with zero attached hydrogens (tertiary/aromatic N) is 2. The van der Waals surface area contributed by atoms with Crippen LogP contribution in [-0.2, 0) is 15.5 Å². The predicted octanol–water partition coefficient (Wildman–Crippen LogP) is 1.54. The number of hydrogen-bond donors (Lipinski definition) is 2. The molecule has 6 nitrogen and oxygen atoms in total. The molecular formula is C11H17BrN4O2S. The molecule has 1 aromatic rings. The second-order valence-electron chi connectivity index (χ2n) is 4.37. The molecule has 0 bridgehead atoms. The van der Waals surface area contributed by atoms with Crippen molar-refractivity contribution < 1.29 is 8.95 Å². The summed E-state index contributed by atoms with van der Waals surface area (Å²) in [6.07, 6.45) is 3.54. The van der Waals surface area contributed by atoms with Crippen LogP contribution in [0.25, 0.3) is 0 Å². The van der Waals surface area contributed by atoms with E-state index in [1.165, 1.54) is 6.26 Å². The molecule has 1 saturated heterocycles. The number of halogens is 1. The van der Waals surface area contributed by atoms with Crippen LogP contribution < -0.4 is 11.1 Å². The molecule has 0 amide bonds. The highest BCUT2D eigenvalue weighted by atomic mass is 79.9. The van der Waals surface area contributed by atoms with E-state index in [9.17, 15) is 4.21 Å². The van der Waals surface area contributed by atoms with Gasteiger partial charge in [-0.25, -0.2) is 9.97 Å². The molecule has 0 aliphatic carbocycles. The molecule has 3 N–H and O–H groups in total. The zero-order valence-corrected chi connectivity index (χ0v) is 13.3. The summed E-state index contributed by atoms with van der Waals surface area (Å²) in [5, 5.41) is 3.54. The van der Waals surface area contributed by atoms with E-state index in [1.54, 1.807) is 0 Å². The maximum atomic E-state index is 11.5. The van der Waals surface area contributed by atoms with Gasteiger partial charge in [-0.2, -0.15) is 0 Å². The molecule has 106 valence electrons. The van der Waals surface area contributed by atoms with Crippen LogP contribution in [0, 0.1) is 0 Å². The molecule has 2 rings (SSSR count). The molecule has 1 unspecified atom stereocenters. The highest BCUT2D eigenvalue weighted by molar-refractivity contribution is 9.10. The third-order valence-corrected chi connectivity index (χ3v) is 4.53. The van der Waals surface area contributed by atoms with Gasteiger partial charge in [-0.3, -0.25) is 4.21 Å². The lowest BCUT2D eigenvalue weighted by molar-refractivity contribution is 0.104. The number of nitrogens with two attached hydrogens (primary N) is 1. The van der Waals surface area contributed by atoms with Gasteiger partial charge in [0.2, 0.25) is 5.16 Å². The highest BCUT2D eigenvalue weighted by Gasteiger charge is 2.28. The molecule has 0 radical (unpaired) electrons. The molecule has 2 heterocycles. The third kappa shape index (κ3) is 3.24. The van der Waals surface area contributed by atoms with E-state index < -0.39 is 10.8 Å². The van der Waals surface area contributed by atoms with E-state index in [-0.39, 0.29) is 23.1 Å². The van der Waals surface area contributed by atoms with E-state index in [2.05, 4.69) is 38.1 Å². The molecule has 1 fully saturated rings. The van der Waals surface area contributed by atoms with Gasteiger partial charge in [-0.1, -0.05) is 6.92 Å². The van der Waals surface area contributed by atoms with Crippen molar-refractivity contribution in [2.24, 2.45) is 0 Å². The molecule has 1 aliphatic rings. The van der Waals surface area contributed by atoms with E-state index in [4.69, 9.17) is 10.5 Å². The van der Waals surface area contributed by atoms with Crippen molar-refractivity contribution in [3.05, 3.63) is 4.47 Å². The summed E-state index contributed by atoms with van der Waals surface area (Å²) in [6, 6.07) is 0.189. The smallest absolute Gasteiger partial charge is 0.222 e. The Morgan fingerprint density at radius 2 is 2.32 bits per heavy atom. The Morgan fingerprint density at radius 1 is 1.58 bits per heavy atom. The topological polar surface area (TPSA) is 90.1 Å². The van der Waals surface area contributed by atoms with Gasteiger partial charge in [0.25, 0.3) is 0 Å². The first-order valence-electron chi connectivity index (χ1n) is 6.07. The van der Waals surface area contributed by atoms with Crippen LogP contribution >= 0.6 is 15.9 Å². The number of nitrogens with one attached hydrogen (secondary N) is 1. The minimum atomic E-state index is -1.27. The second-order valence-corrected chi connectivity index (χ2v) is 6.43. The molecule has 1 aromatic heterocycles. The van der Waals surface area contributed by atoms with Gasteiger partial charge in [0.05, 0.1) is 22.9 Å². The summed E-state index contributed by atoms with van der Waals surface area (Å²) >= 11 is 3.36. The Labute approximate surface area is 123 Å². The van der Waals surface area contributed by atoms with E-state index in [0.29, 0.717) is 10.3 Å². The maximum Gasteiger partial charge on any atom is 0.222 e. The van der Waals surface area contributed by atoms with Crippen molar-refractivity contribution in [3.63, 3.8) is 0 Å². The Hall–Kier alpha value is -0.730. The summed E-state index contributed by atoms with van der Waals surface area (Å²) in [6.45, 7) is 2.82. The minimum absolute atomic E-state index is 0.165. The SMILES string of the molecule is CC[C@@H]1OCC[C@H]1Nc1nc(S(C)=O)nc(N)c1Br. The lowest BCUT2D eigenvalue weighted by atomic mass is 10.1. The molecular weight excluding hydrogens is 332 g/mol. The van der Waals surface area contributed by atoms with Crippen molar-refractivity contribution in [1.29, 1.82) is 0 Å². The van der Waals surface area contributed by atoms with Gasteiger partial charge in [0, 0.05) is 12.9 Å². The average Bonchev–Trinajstić information content (AvgIpc) is 2.81. The average molecular weight is 349 g/mol. The number of aromatic nitrogens is 2. The summed E-state index contributed by atoms with van der Waals surface area (Å²) in [5.41, 5.74) is 5.80. The zero-order chi connectivity index (χ0) is 14.0. The Morgan fingerprint density at radius 3 is 2.95 bits per heavy atom. The van der Waals surface area contributed by atoms with Crippen molar-refractivity contribution in [2.75, 3.05) is 23.9 Å². The predicted molar refractivity (Wildman–Crippen MR) is 78.5 cm³/mol. The lowest BCUT2D eigenvalue weighted by Crippen LogP contribution is -2.29. The van der Waals surface area contributed by atoms with Crippen LogP contribution in [0.4, 0.5) is 11.6 Å². The van der Waals surface area contributed by atoms with Crippen molar-refractivity contribution in [2.45, 2.75) is 37.1 Å². The number of anilines is 2. The van der Waals surface area contributed by atoms with Crippen molar-refractivity contribution >= 4 is 38.4 Å². The summed E-state index contributed by atoms with van der Waals surface area (Å²) in [4.78, 5) is 8.26. The van der Waals surface area contributed by atoms with Gasteiger partial charge < -0.3 is 15.8 Å². The van der Waals surface area contributed by atoms with Gasteiger partial charge >= 0.3 is 0 Å². The fourth-order valence-corrected chi connectivity index (χ4v) is 2.80. The monoisotopic (exact) mass is 348 g/mol.